The third kappa shape index (κ3) is 4.52. The summed E-state index contributed by atoms with van der Waals surface area (Å²) in [5.74, 6) is 0.0511. The van der Waals surface area contributed by atoms with Gasteiger partial charge in [-0.05, 0) is 43.7 Å². The fourth-order valence-electron chi connectivity index (χ4n) is 2.80. The fraction of sp³-hybridized carbons (Fsp3) is 0.333. The molecule has 7 heteroatoms. The van der Waals surface area contributed by atoms with Gasteiger partial charge in [0.1, 0.15) is 0 Å². The molecule has 1 saturated heterocycles. The first-order chi connectivity index (χ1) is 12.0. The average Bonchev–Trinajstić information content (AvgIpc) is 2.87. The normalized spacial score (nSPS) is 15.0. The van der Waals surface area contributed by atoms with Crippen LogP contribution in [0.5, 0.6) is 0 Å². The highest BCUT2D eigenvalue weighted by Crippen LogP contribution is 2.19. The van der Waals surface area contributed by atoms with Crippen LogP contribution in [0.25, 0.3) is 0 Å². The summed E-state index contributed by atoms with van der Waals surface area (Å²) in [7, 11) is 0. The van der Waals surface area contributed by atoms with Gasteiger partial charge in [0, 0.05) is 41.8 Å². The van der Waals surface area contributed by atoms with Gasteiger partial charge in [-0.25, -0.2) is 4.79 Å². The maximum absolute atomic E-state index is 12.6. The molecule has 132 valence electrons. The molecule has 0 saturated carbocycles. The molecular formula is C18H20ClN3O2S. The van der Waals surface area contributed by atoms with Gasteiger partial charge in [-0.2, -0.15) is 0 Å². The average molecular weight is 378 g/mol. The second kappa shape index (κ2) is 7.89. The van der Waals surface area contributed by atoms with Crippen molar-refractivity contribution in [2.24, 2.45) is 0 Å². The first-order valence-electron chi connectivity index (χ1n) is 8.20. The molecule has 0 atom stereocenters. The predicted octanol–water partition coefficient (Wildman–Crippen LogP) is 4.09. The number of aryl methyl sites for hydroxylation is 1. The molecule has 0 bridgehead atoms. The Bertz CT molecular complexity index is 777. The number of carbonyl (C=O) groups is 2. The van der Waals surface area contributed by atoms with Crippen LogP contribution in [0.15, 0.2) is 36.4 Å². The van der Waals surface area contributed by atoms with Gasteiger partial charge in [0.05, 0.1) is 4.88 Å². The minimum atomic E-state index is -0.163. The molecule has 2 aromatic rings. The summed E-state index contributed by atoms with van der Waals surface area (Å²) in [6.45, 7) is 4.34. The molecule has 1 aliphatic heterocycles. The molecule has 1 fully saturated rings. The highest BCUT2D eigenvalue weighted by atomic mass is 35.5. The lowest BCUT2D eigenvalue weighted by Gasteiger charge is -2.22. The zero-order valence-corrected chi connectivity index (χ0v) is 15.6. The lowest BCUT2D eigenvalue weighted by atomic mass is 10.3. The van der Waals surface area contributed by atoms with Crippen LogP contribution >= 0.6 is 22.9 Å². The quantitative estimate of drug-likeness (QED) is 0.856. The van der Waals surface area contributed by atoms with E-state index >= 15 is 0 Å². The van der Waals surface area contributed by atoms with Crippen molar-refractivity contribution in [3.63, 3.8) is 0 Å². The van der Waals surface area contributed by atoms with E-state index in [4.69, 9.17) is 11.6 Å². The van der Waals surface area contributed by atoms with Crippen LogP contribution in [-0.4, -0.2) is 47.9 Å². The maximum Gasteiger partial charge on any atom is 0.321 e. The van der Waals surface area contributed by atoms with Crippen molar-refractivity contribution >= 4 is 40.6 Å². The lowest BCUT2D eigenvalue weighted by Crippen LogP contribution is -2.39. The van der Waals surface area contributed by atoms with Gasteiger partial charge >= 0.3 is 6.03 Å². The van der Waals surface area contributed by atoms with Crippen LogP contribution in [0.2, 0.25) is 5.02 Å². The highest BCUT2D eigenvalue weighted by molar-refractivity contribution is 7.13. The summed E-state index contributed by atoms with van der Waals surface area (Å²) < 4.78 is 0. The number of anilines is 1. The van der Waals surface area contributed by atoms with Gasteiger partial charge in [-0.3, -0.25) is 4.79 Å². The Morgan fingerprint density at radius 2 is 1.84 bits per heavy atom. The van der Waals surface area contributed by atoms with Crippen molar-refractivity contribution in [1.29, 1.82) is 0 Å². The number of thiophene rings is 1. The fourth-order valence-corrected chi connectivity index (χ4v) is 3.82. The molecule has 1 aromatic heterocycles. The smallest absolute Gasteiger partial charge is 0.321 e. The molecule has 3 rings (SSSR count). The summed E-state index contributed by atoms with van der Waals surface area (Å²) in [6.07, 6.45) is 0.763. The summed E-state index contributed by atoms with van der Waals surface area (Å²) in [5, 5.41) is 3.44. The minimum absolute atomic E-state index is 0.0511. The molecule has 3 amide bonds. The van der Waals surface area contributed by atoms with E-state index in [0.29, 0.717) is 36.9 Å². The summed E-state index contributed by atoms with van der Waals surface area (Å²) >= 11 is 7.46. The zero-order chi connectivity index (χ0) is 17.8. The Kier molecular flexibility index (Phi) is 5.60. The van der Waals surface area contributed by atoms with Crippen molar-refractivity contribution in [2.45, 2.75) is 13.3 Å². The number of hydrogen-bond donors (Lipinski definition) is 1. The molecular weight excluding hydrogens is 358 g/mol. The third-order valence-electron chi connectivity index (χ3n) is 4.10. The van der Waals surface area contributed by atoms with E-state index in [1.807, 2.05) is 24.0 Å². The zero-order valence-electron chi connectivity index (χ0n) is 14.0. The molecule has 0 spiro atoms. The Morgan fingerprint density at radius 3 is 2.56 bits per heavy atom. The number of nitrogens with zero attached hydrogens (tertiary/aromatic N) is 2. The predicted molar refractivity (Wildman–Crippen MR) is 102 cm³/mol. The van der Waals surface area contributed by atoms with E-state index in [1.165, 1.54) is 11.3 Å². The van der Waals surface area contributed by atoms with Crippen LogP contribution in [0.4, 0.5) is 10.5 Å². The van der Waals surface area contributed by atoms with Gasteiger partial charge in [0.15, 0.2) is 0 Å². The topological polar surface area (TPSA) is 52.7 Å². The number of carbonyl (C=O) groups excluding carboxylic acids is 2. The van der Waals surface area contributed by atoms with Crippen LogP contribution in [0, 0.1) is 6.92 Å². The number of nitrogens with one attached hydrogen (secondary N) is 1. The van der Waals surface area contributed by atoms with Crippen molar-refractivity contribution in [1.82, 2.24) is 9.80 Å². The van der Waals surface area contributed by atoms with Crippen molar-refractivity contribution in [3.8, 4) is 0 Å². The molecule has 0 unspecified atom stereocenters. The molecule has 1 aromatic carbocycles. The van der Waals surface area contributed by atoms with Gasteiger partial charge in [0.25, 0.3) is 5.91 Å². The van der Waals surface area contributed by atoms with Crippen molar-refractivity contribution in [3.05, 3.63) is 51.2 Å². The van der Waals surface area contributed by atoms with Gasteiger partial charge in [-0.1, -0.05) is 17.7 Å². The van der Waals surface area contributed by atoms with Crippen molar-refractivity contribution < 1.29 is 9.59 Å². The first-order valence-corrected chi connectivity index (χ1v) is 9.39. The Morgan fingerprint density at radius 1 is 1.08 bits per heavy atom. The molecule has 25 heavy (non-hydrogen) atoms. The van der Waals surface area contributed by atoms with Gasteiger partial charge in [0.2, 0.25) is 0 Å². The van der Waals surface area contributed by atoms with Crippen LogP contribution in [-0.2, 0) is 0 Å². The Hall–Kier alpha value is -2.05. The van der Waals surface area contributed by atoms with E-state index in [2.05, 4.69) is 5.32 Å². The largest absolute Gasteiger partial charge is 0.336 e. The lowest BCUT2D eigenvalue weighted by molar-refractivity contribution is 0.0767. The van der Waals surface area contributed by atoms with E-state index in [9.17, 15) is 9.59 Å². The van der Waals surface area contributed by atoms with Gasteiger partial charge in [-0.15, -0.1) is 11.3 Å². The molecule has 0 aliphatic carbocycles. The molecule has 1 aliphatic rings. The Labute approximate surface area is 156 Å². The molecule has 0 radical (unpaired) electrons. The van der Waals surface area contributed by atoms with Gasteiger partial charge < -0.3 is 15.1 Å². The SMILES string of the molecule is Cc1ccc(C(=O)N2CCCN(C(=O)Nc3cccc(Cl)c3)CC2)s1. The number of hydrogen-bond acceptors (Lipinski definition) is 3. The van der Waals surface area contributed by atoms with E-state index in [0.717, 1.165) is 16.2 Å². The first kappa shape index (κ1) is 17.8. The minimum Gasteiger partial charge on any atom is -0.336 e. The van der Waals surface area contributed by atoms with Crippen LogP contribution < -0.4 is 5.32 Å². The van der Waals surface area contributed by atoms with E-state index in [-0.39, 0.29) is 11.9 Å². The Balaban J connectivity index is 1.59. The number of benzene rings is 1. The van der Waals surface area contributed by atoms with E-state index in [1.54, 1.807) is 29.2 Å². The summed E-state index contributed by atoms with van der Waals surface area (Å²) in [5.41, 5.74) is 0.670. The molecule has 2 heterocycles. The maximum atomic E-state index is 12.6. The van der Waals surface area contributed by atoms with Crippen LogP contribution in [0.1, 0.15) is 21.0 Å². The third-order valence-corrected chi connectivity index (χ3v) is 5.32. The highest BCUT2D eigenvalue weighted by Gasteiger charge is 2.23. The summed E-state index contributed by atoms with van der Waals surface area (Å²) in [4.78, 5) is 30.5. The second-order valence-electron chi connectivity index (χ2n) is 5.98. The molecule has 5 nitrogen and oxygen atoms in total. The second-order valence-corrected chi connectivity index (χ2v) is 7.71. The summed E-state index contributed by atoms with van der Waals surface area (Å²) in [6, 6.07) is 10.7. The standard InChI is InChI=1S/C18H20ClN3O2S/c1-13-6-7-16(25-13)17(23)21-8-3-9-22(11-10-21)18(24)20-15-5-2-4-14(19)12-15/h2,4-7,12H,3,8-11H2,1H3,(H,20,24). The number of amides is 3. The van der Waals surface area contributed by atoms with E-state index < -0.39 is 0 Å². The van der Waals surface area contributed by atoms with Crippen molar-refractivity contribution in [2.75, 3.05) is 31.5 Å². The van der Waals surface area contributed by atoms with Crippen LogP contribution in [0.3, 0.4) is 0 Å². The monoisotopic (exact) mass is 377 g/mol. The number of rotatable bonds is 2. The molecule has 1 N–H and O–H groups in total. The number of halogens is 1. The number of urea groups is 1.